The van der Waals surface area contributed by atoms with Crippen molar-refractivity contribution in [1.29, 1.82) is 5.26 Å². The maximum absolute atomic E-state index is 12.5. The van der Waals surface area contributed by atoms with E-state index >= 15 is 0 Å². The Morgan fingerprint density at radius 1 is 1.20 bits per heavy atom. The summed E-state index contributed by atoms with van der Waals surface area (Å²) >= 11 is 0. The summed E-state index contributed by atoms with van der Waals surface area (Å²) in [6.45, 7) is 0. The molecule has 1 heterocycles. The number of fused-ring (bicyclic) bond motifs is 1. The van der Waals surface area contributed by atoms with Gasteiger partial charge in [-0.25, -0.2) is 0 Å². The number of nitrogens with zero attached hydrogens (tertiary/aromatic N) is 1. The number of carbonyl (C=O) groups excluding carboxylic acids is 1. The summed E-state index contributed by atoms with van der Waals surface area (Å²) in [6.07, 6.45) is 4.12. The summed E-state index contributed by atoms with van der Waals surface area (Å²) in [5.41, 5.74) is 1.11. The van der Waals surface area contributed by atoms with Crippen LogP contribution >= 0.6 is 0 Å². The molecule has 3 rings (SSSR count). The zero-order chi connectivity index (χ0) is 18.0. The minimum Gasteiger partial charge on any atom is -0.504 e. The number of methoxy groups -OCH3 is 1. The summed E-state index contributed by atoms with van der Waals surface area (Å²) in [5.74, 6) is -1.55. The van der Waals surface area contributed by atoms with Crippen molar-refractivity contribution < 1.29 is 24.2 Å². The smallest absolute Gasteiger partial charge is 0.202 e. The van der Waals surface area contributed by atoms with Gasteiger partial charge in [0.25, 0.3) is 0 Å². The number of furan rings is 1. The lowest BCUT2D eigenvalue weighted by Gasteiger charge is -2.10. The predicted octanol–water partition coefficient (Wildman–Crippen LogP) is 3.62. The van der Waals surface area contributed by atoms with Gasteiger partial charge in [-0.1, -0.05) is 18.2 Å². The van der Waals surface area contributed by atoms with Crippen molar-refractivity contribution in [3.63, 3.8) is 0 Å². The lowest BCUT2D eigenvalue weighted by Crippen LogP contribution is -2.00. The van der Waals surface area contributed by atoms with Gasteiger partial charge in [0.15, 0.2) is 17.1 Å². The Kier molecular flexibility index (Phi) is 4.14. The van der Waals surface area contributed by atoms with Crippen LogP contribution in [0, 0.1) is 11.3 Å². The number of hydrogen-bond acceptors (Lipinski definition) is 6. The van der Waals surface area contributed by atoms with E-state index in [1.165, 1.54) is 25.5 Å². The molecular formula is C19H13NO5. The lowest BCUT2D eigenvalue weighted by atomic mass is 10.0. The van der Waals surface area contributed by atoms with Crippen LogP contribution < -0.4 is 4.74 Å². The quantitative estimate of drug-likeness (QED) is 0.429. The summed E-state index contributed by atoms with van der Waals surface area (Å²) < 4.78 is 10.3. The van der Waals surface area contributed by atoms with Gasteiger partial charge in [-0.3, -0.25) is 4.79 Å². The minimum absolute atomic E-state index is 0.0435. The first-order valence-corrected chi connectivity index (χ1v) is 7.28. The molecule has 3 aromatic rings. The van der Waals surface area contributed by atoms with Crippen LogP contribution in [0.1, 0.15) is 21.5 Å². The number of nitriles is 1. The predicted molar refractivity (Wildman–Crippen MR) is 90.6 cm³/mol. The van der Waals surface area contributed by atoms with Crippen molar-refractivity contribution in [2.75, 3.05) is 7.11 Å². The zero-order valence-electron chi connectivity index (χ0n) is 13.2. The number of rotatable bonds is 4. The first-order chi connectivity index (χ1) is 12.1. The highest BCUT2D eigenvalue weighted by molar-refractivity contribution is 6.15. The molecule has 0 fully saturated rings. The Balaban J connectivity index is 2.03. The fraction of sp³-hybridized carbons (Fsp3) is 0.0526. The first-order valence-electron chi connectivity index (χ1n) is 7.28. The van der Waals surface area contributed by atoms with Gasteiger partial charge < -0.3 is 19.4 Å². The van der Waals surface area contributed by atoms with E-state index < -0.39 is 17.3 Å². The number of carbonyl (C=O) groups is 1. The number of phenols is 2. The first kappa shape index (κ1) is 16.1. The van der Waals surface area contributed by atoms with Crippen molar-refractivity contribution in [3.8, 4) is 23.3 Å². The number of ketones is 1. The molecule has 124 valence electrons. The van der Waals surface area contributed by atoms with E-state index in [0.29, 0.717) is 16.5 Å². The molecule has 0 atom stereocenters. The van der Waals surface area contributed by atoms with Crippen LogP contribution in [0.15, 0.2) is 47.1 Å². The molecule has 0 aliphatic rings. The van der Waals surface area contributed by atoms with Crippen LogP contribution in [0.5, 0.6) is 17.2 Å². The molecule has 0 bridgehead atoms. The number of hydrogen-bond donors (Lipinski definition) is 2. The van der Waals surface area contributed by atoms with Crippen LogP contribution in [-0.2, 0) is 0 Å². The number of allylic oxidation sites excluding steroid dienone is 1. The average molecular weight is 335 g/mol. The molecule has 1 aromatic heterocycles. The van der Waals surface area contributed by atoms with Gasteiger partial charge in [0, 0.05) is 0 Å². The fourth-order valence-corrected chi connectivity index (χ4v) is 2.50. The largest absolute Gasteiger partial charge is 0.504 e. The molecule has 0 aliphatic heterocycles. The number of aromatic hydroxyl groups is 2. The van der Waals surface area contributed by atoms with Crippen LogP contribution in [0.4, 0.5) is 0 Å². The van der Waals surface area contributed by atoms with Gasteiger partial charge in [-0.15, -0.1) is 0 Å². The average Bonchev–Trinajstić information content (AvgIpc) is 3.12. The lowest BCUT2D eigenvalue weighted by molar-refractivity contribution is 0.104. The van der Waals surface area contributed by atoms with Crippen LogP contribution in [0.25, 0.3) is 17.0 Å². The van der Waals surface area contributed by atoms with Crippen LogP contribution in [-0.4, -0.2) is 23.1 Å². The van der Waals surface area contributed by atoms with Gasteiger partial charge in [-0.05, 0) is 29.8 Å². The van der Waals surface area contributed by atoms with Gasteiger partial charge >= 0.3 is 0 Å². The van der Waals surface area contributed by atoms with Gasteiger partial charge in [0.2, 0.25) is 5.75 Å². The SMILES string of the molecule is COc1c(C(=O)/C=C/c2ccc(C#N)cc2)c(O)c(O)c2occc12. The van der Waals surface area contributed by atoms with E-state index in [1.807, 2.05) is 6.07 Å². The van der Waals surface area contributed by atoms with Crippen LogP contribution in [0.2, 0.25) is 0 Å². The molecule has 0 unspecified atom stereocenters. The summed E-state index contributed by atoms with van der Waals surface area (Å²) in [5, 5.41) is 29.4. The zero-order valence-corrected chi connectivity index (χ0v) is 13.2. The molecule has 6 nitrogen and oxygen atoms in total. The molecule has 2 aromatic carbocycles. The van der Waals surface area contributed by atoms with E-state index in [2.05, 4.69) is 0 Å². The van der Waals surface area contributed by atoms with Crippen LogP contribution in [0.3, 0.4) is 0 Å². The second-order valence-corrected chi connectivity index (χ2v) is 5.20. The minimum atomic E-state index is -0.603. The van der Waals surface area contributed by atoms with E-state index in [1.54, 1.807) is 30.3 Å². The van der Waals surface area contributed by atoms with E-state index in [-0.39, 0.29) is 16.9 Å². The highest BCUT2D eigenvalue weighted by Gasteiger charge is 2.25. The second kappa shape index (κ2) is 6.42. The van der Waals surface area contributed by atoms with Gasteiger partial charge in [0.05, 0.1) is 30.4 Å². The maximum atomic E-state index is 12.5. The Morgan fingerprint density at radius 3 is 2.56 bits per heavy atom. The third-order valence-corrected chi connectivity index (χ3v) is 3.73. The Labute approximate surface area is 142 Å². The third-order valence-electron chi connectivity index (χ3n) is 3.73. The molecule has 0 saturated carbocycles. The third kappa shape index (κ3) is 2.79. The molecule has 6 heteroatoms. The Morgan fingerprint density at radius 2 is 1.92 bits per heavy atom. The van der Waals surface area contributed by atoms with E-state index in [4.69, 9.17) is 14.4 Å². The molecule has 2 N–H and O–H groups in total. The maximum Gasteiger partial charge on any atom is 0.202 e. The highest BCUT2D eigenvalue weighted by atomic mass is 16.5. The highest BCUT2D eigenvalue weighted by Crippen LogP contribution is 2.45. The summed E-state index contributed by atoms with van der Waals surface area (Å²) in [4.78, 5) is 12.5. The summed E-state index contributed by atoms with van der Waals surface area (Å²) in [6, 6.07) is 10.2. The second-order valence-electron chi connectivity index (χ2n) is 5.20. The fourth-order valence-electron chi connectivity index (χ4n) is 2.50. The van der Waals surface area contributed by atoms with Gasteiger partial charge in [0.1, 0.15) is 11.3 Å². The topological polar surface area (TPSA) is 104 Å². The number of phenolic OH excluding ortho intramolecular Hbond substituents is 2. The Hall–Kier alpha value is -3.72. The molecular weight excluding hydrogens is 322 g/mol. The van der Waals surface area contributed by atoms with Crippen molar-refractivity contribution >= 4 is 22.8 Å². The van der Waals surface area contributed by atoms with Gasteiger partial charge in [-0.2, -0.15) is 5.26 Å². The van der Waals surface area contributed by atoms with Crippen molar-refractivity contribution in [2.45, 2.75) is 0 Å². The number of ether oxygens (including phenoxy) is 1. The molecule has 0 saturated heterocycles. The Bertz CT molecular complexity index is 1020. The van der Waals surface area contributed by atoms with Crippen molar-refractivity contribution in [1.82, 2.24) is 0 Å². The molecule has 0 radical (unpaired) electrons. The molecule has 0 aliphatic carbocycles. The monoisotopic (exact) mass is 335 g/mol. The normalized spacial score (nSPS) is 10.9. The molecule has 0 amide bonds. The van der Waals surface area contributed by atoms with Crippen molar-refractivity contribution in [2.24, 2.45) is 0 Å². The number of benzene rings is 2. The summed E-state index contributed by atoms with van der Waals surface area (Å²) in [7, 11) is 1.36. The molecule has 25 heavy (non-hydrogen) atoms. The van der Waals surface area contributed by atoms with Crippen molar-refractivity contribution in [3.05, 3.63) is 59.4 Å². The molecule has 0 spiro atoms. The van der Waals surface area contributed by atoms with E-state index in [0.717, 1.165) is 0 Å². The van der Waals surface area contributed by atoms with E-state index in [9.17, 15) is 15.0 Å². The standard InChI is InChI=1S/C19H13NO5/c1-24-18-13-8-9-25-19(13)17(23)16(22)15(18)14(21)7-6-11-2-4-12(10-20)5-3-11/h2-9,22-23H,1H3/b7-6+.